The molecule has 0 unspecified atom stereocenters. The van der Waals surface area contributed by atoms with Gasteiger partial charge >= 0.3 is 5.51 Å². The Morgan fingerprint density at radius 3 is 2.04 bits per heavy atom. The summed E-state index contributed by atoms with van der Waals surface area (Å²) in [5, 5.41) is 0. The Balaban J connectivity index is 1.63. The van der Waals surface area contributed by atoms with E-state index in [1.54, 1.807) is 0 Å². The standard InChI is InChI=1S/C16H21F3N2O2S2/c17-16(18,19)24-14-3-5-15(6-4-14)25(22,23)21-11-7-13(8-12-21)20-9-1-2-10-20/h3-6,13H,1-2,7-12H2. The molecule has 4 nitrogen and oxygen atoms in total. The summed E-state index contributed by atoms with van der Waals surface area (Å²) >= 11 is -0.244. The highest BCUT2D eigenvalue weighted by Gasteiger charge is 2.33. The van der Waals surface area contributed by atoms with E-state index in [0.29, 0.717) is 19.1 Å². The minimum Gasteiger partial charge on any atom is -0.300 e. The summed E-state index contributed by atoms with van der Waals surface area (Å²) in [6.07, 6.45) is 4.03. The molecule has 0 radical (unpaired) electrons. The lowest BCUT2D eigenvalue weighted by Crippen LogP contribution is -2.45. The molecule has 0 aromatic heterocycles. The Morgan fingerprint density at radius 2 is 1.52 bits per heavy atom. The third kappa shape index (κ3) is 4.69. The van der Waals surface area contributed by atoms with E-state index in [1.807, 2.05) is 0 Å². The summed E-state index contributed by atoms with van der Waals surface area (Å²) in [6, 6.07) is 5.38. The van der Waals surface area contributed by atoms with Gasteiger partial charge in [0.2, 0.25) is 10.0 Å². The first-order valence-corrected chi connectivity index (χ1v) is 10.6. The topological polar surface area (TPSA) is 40.6 Å². The van der Waals surface area contributed by atoms with Crippen LogP contribution in [0.15, 0.2) is 34.1 Å². The van der Waals surface area contributed by atoms with Crippen LogP contribution in [0, 0.1) is 0 Å². The number of alkyl halides is 3. The van der Waals surface area contributed by atoms with Crippen LogP contribution in [-0.2, 0) is 10.0 Å². The third-order valence-electron chi connectivity index (χ3n) is 4.78. The fraction of sp³-hybridized carbons (Fsp3) is 0.625. The molecular weight excluding hydrogens is 373 g/mol. The molecule has 0 N–H and O–H groups in total. The molecule has 1 aromatic rings. The van der Waals surface area contributed by atoms with Gasteiger partial charge in [0.05, 0.1) is 4.90 Å². The van der Waals surface area contributed by atoms with Crippen LogP contribution in [0.2, 0.25) is 0 Å². The Labute approximate surface area is 150 Å². The number of halogens is 3. The smallest absolute Gasteiger partial charge is 0.300 e. The van der Waals surface area contributed by atoms with Gasteiger partial charge in [0.25, 0.3) is 0 Å². The van der Waals surface area contributed by atoms with E-state index in [0.717, 1.165) is 25.9 Å². The van der Waals surface area contributed by atoms with Crippen LogP contribution in [0.25, 0.3) is 0 Å². The maximum absolute atomic E-state index is 12.7. The van der Waals surface area contributed by atoms with Crippen molar-refractivity contribution in [3.05, 3.63) is 24.3 Å². The lowest BCUT2D eigenvalue weighted by molar-refractivity contribution is -0.0328. The molecule has 2 heterocycles. The van der Waals surface area contributed by atoms with Crippen LogP contribution in [0.4, 0.5) is 13.2 Å². The first kappa shape index (κ1) is 19.0. The van der Waals surface area contributed by atoms with Crippen molar-refractivity contribution in [3.8, 4) is 0 Å². The number of likely N-dealkylation sites (tertiary alicyclic amines) is 1. The Bertz CT molecular complexity index is 678. The molecule has 0 amide bonds. The van der Waals surface area contributed by atoms with Crippen molar-refractivity contribution in [3.63, 3.8) is 0 Å². The summed E-state index contributed by atoms with van der Waals surface area (Å²) < 4.78 is 63.9. The van der Waals surface area contributed by atoms with E-state index >= 15 is 0 Å². The van der Waals surface area contributed by atoms with Gasteiger partial charge in [-0.15, -0.1) is 0 Å². The zero-order valence-electron chi connectivity index (χ0n) is 13.7. The van der Waals surface area contributed by atoms with Gasteiger partial charge in [-0.3, -0.25) is 0 Å². The van der Waals surface area contributed by atoms with Gasteiger partial charge in [0, 0.05) is 24.0 Å². The fourth-order valence-electron chi connectivity index (χ4n) is 3.52. The van der Waals surface area contributed by atoms with E-state index in [1.165, 1.54) is 41.4 Å². The van der Waals surface area contributed by atoms with Crippen molar-refractivity contribution in [2.45, 2.75) is 47.0 Å². The summed E-state index contributed by atoms with van der Waals surface area (Å²) in [4.78, 5) is 2.48. The van der Waals surface area contributed by atoms with Gasteiger partial charge in [-0.05, 0) is 74.8 Å². The SMILES string of the molecule is O=S(=O)(c1ccc(SC(F)(F)F)cc1)N1CCC(N2CCCC2)CC1. The predicted octanol–water partition coefficient (Wildman–Crippen LogP) is 3.55. The second-order valence-electron chi connectivity index (χ2n) is 6.40. The number of rotatable bonds is 4. The fourth-order valence-corrected chi connectivity index (χ4v) is 5.53. The largest absolute Gasteiger partial charge is 0.446 e. The molecule has 0 saturated carbocycles. The molecule has 0 atom stereocenters. The maximum atomic E-state index is 12.7. The normalized spacial score (nSPS) is 21.7. The molecule has 140 valence electrons. The number of benzene rings is 1. The van der Waals surface area contributed by atoms with Gasteiger partial charge in [0.15, 0.2) is 0 Å². The number of thioether (sulfide) groups is 1. The molecule has 2 fully saturated rings. The average molecular weight is 394 g/mol. The second kappa shape index (κ2) is 7.46. The van der Waals surface area contributed by atoms with Crippen molar-refractivity contribution in [2.75, 3.05) is 26.2 Å². The molecule has 0 aliphatic carbocycles. The van der Waals surface area contributed by atoms with E-state index in [9.17, 15) is 21.6 Å². The first-order chi connectivity index (χ1) is 11.8. The van der Waals surface area contributed by atoms with Gasteiger partial charge in [-0.25, -0.2) is 8.42 Å². The quantitative estimate of drug-likeness (QED) is 0.733. The highest BCUT2D eigenvalue weighted by Crippen LogP contribution is 2.37. The van der Waals surface area contributed by atoms with Gasteiger partial charge < -0.3 is 4.90 Å². The number of nitrogens with zero attached hydrogens (tertiary/aromatic N) is 2. The molecule has 0 bridgehead atoms. The number of hydrogen-bond donors (Lipinski definition) is 0. The van der Waals surface area contributed by atoms with Gasteiger partial charge in [-0.1, -0.05) is 0 Å². The summed E-state index contributed by atoms with van der Waals surface area (Å²) in [5.74, 6) is 0. The molecule has 1 aromatic carbocycles. The Morgan fingerprint density at radius 1 is 0.960 bits per heavy atom. The molecule has 0 spiro atoms. The first-order valence-electron chi connectivity index (χ1n) is 8.36. The van der Waals surface area contributed by atoms with Crippen LogP contribution < -0.4 is 0 Å². The van der Waals surface area contributed by atoms with E-state index in [2.05, 4.69) is 4.90 Å². The third-order valence-corrected chi connectivity index (χ3v) is 7.43. The Hall–Kier alpha value is -0.770. The zero-order valence-corrected chi connectivity index (χ0v) is 15.3. The molecule has 2 saturated heterocycles. The van der Waals surface area contributed by atoms with Crippen LogP contribution in [0.3, 0.4) is 0 Å². The molecule has 25 heavy (non-hydrogen) atoms. The predicted molar refractivity (Wildman–Crippen MR) is 90.9 cm³/mol. The van der Waals surface area contributed by atoms with Crippen LogP contribution in [0.1, 0.15) is 25.7 Å². The molecule has 3 rings (SSSR count). The monoisotopic (exact) mass is 394 g/mol. The zero-order chi connectivity index (χ0) is 18.1. The number of piperidine rings is 1. The number of sulfonamides is 1. The number of hydrogen-bond acceptors (Lipinski definition) is 4. The summed E-state index contributed by atoms with van der Waals surface area (Å²) in [7, 11) is -3.65. The summed E-state index contributed by atoms with van der Waals surface area (Å²) in [6.45, 7) is 3.11. The summed E-state index contributed by atoms with van der Waals surface area (Å²) in [5.41, 5.74) is -4.38. The average Bonchev–Trinajstić information content (AvgIpc) is 3.08. The molecular formula is C16H21F3N2O2S2. The van der Waals surface area contributed by atoms with Crippen molar-refractivity contribution in [1.82, 2.24) is 9.21 Å². The maximum Gasteiger partial charge on any atom is 0.446 e. The van der Waals surface area contributed by atoms with Crippen LogP contribution in [-0.4, -0.2) is 55.4 Å². The van der Waals surface area contributed by atoms with Crippen LogP contribution in [0.5, 0.6) is 0 Å². The van der Waals surface area contributed by atoms with Crippen molar-refractivity contribution >= 4 is 21.8 Å². The minimum absolute atomic E-state index is 0.0146. The van der Waals surface area contributed by atoms with E-state index in [4.69, 9.17) is 0 Å². The van der Waals surface area contributed by atoms with Crippen LogP contribution >= 0.6 is 11.8 Å². The van der Waals surface area contributed by atoms with Crippen molar-refractivity contribution in [2.24, 2.45) is 0 Å². The van der Waals surface area contributed by atoms with Crippen molar-refractivity contribution < 1.29 is 21.6 Å². The molecule has 2 aliphatic rings. The highest BCUT2D eigenvalue weighted by molar-refractivity contribution is 8.00. The van der Waals surface area contributed by atoms with Gasteiger partial charge in [-0.2, -0.15) is 17.5 Å². The Kier molecular flexibility index (Phi) is 5.67. The van der Waals surface area contributed by atoms with Crippen molar-refractivity contribution in [1.29, 1.82) is 0 Å². The lowest BCUT2D eigenvalue weighted by Gasteiger charge is -2.36. The highest BCUT2D eigenvalue weighted by atomic mass is 32.2. The minimum atomic E-state index is -4.38. The van der Waals surface area contributed by atoms with Gasteiger partial charge in [0.1, 0.15) is 0 Å². The lowest BCUT2D eigenvalue weighted by atomic mass is 10.1. The molecule has 2 aliphatic heterocycles. The van der Waals surface area contributed by atoms with E-state index < -0.39 is 15.5 Å². The van der Waals surface area contributed by atoms with E-state index in [-0.39, 0.29) is 21.6 Å². The second-order valence-corrected chi connectivity index (χ2v) is 9.47. The molecule has 9 heteroatoms.